The third-order valence-electron chi connectivity index (χ3n) is 0.743. The zero-order valence-electron chi connectivity index (χ0n) is 6.79. The molecule has 0 aromatic carbocycles. The molecule has 0 spiro atoms. The largest absolute Gasteiger partial charge is 0.339 e. The zero-order chi connectivity index (χ0) is 10.3. The van der Waals surface area contributed by atoms with Gasteiger partial charge in [0.15, 0.2) is 6.61 Å². The van der Waals surface area contributed by atoms with Gasteiger partial charge in [-0.15, -0.1) is 0 Å². The third-order valence-corrected chi connectivity index (χ3v) is 0.743. The van der Waals surface area contributed by atoms with Gasteiger partial charge in [-0.1, -0.05) is 0 Å². The van der Waals surface area contributed by atoms with Gasteiger partial charge in [0.1, 0.15) is 0 Å². The molecule has 0 saturated heterocycles. The maximum atomic E-state index is 10.7. The highest BCUT2D eigenvalue weighted by Gasteiger charge is 2.05. The molecule has 0 aromatic heterocycles. The van der Waals surface area contributed by atoms with E-state index in [0.29, 0.717) is 0 Å². The Morgan fingerprint density at radius 2 is 2.15 bits per heavy atom. The van der Waals surface area contributed by atoms with Gasteiger partial charge in [-0.2, -0.15) is 4.89 Å². The molecule has 0 aromatic rings. The summed E-state index contributed by atoms with van der Waals surface area (Å²) in [6.07, 6.45) is 0. The standard InChI is InChI=1S/C5H9N3O5/c1-3(9)13-12-2-4(10)7-5(6)8-11/h11H,2H2,1H3,(H3,6,7,8,10). The summed E-state index contributed by atoms with van der Waals surface area (Å²) < 4.78 is 0. The number of nitrogens with one attached hydrogen (secondary N) is 3. The monoisotopic (exact) mass is 191 g/mol. The van der Waals surface area contributed by atoms with Crippen molar-refractivity contribution in [3.05, 3.63) is 0 Å². The molecule has 8 nitrogen and oxygen atoms in total. The average molecular weight is 191 g/mol. The zero-order valence-corrected chi connectivity index (χ0v) is 6.79. The minimum Gasteiger partial charge on any atom is -0.298 e. The molecule has 0 saturated carbocycles. The van der Waals surface area contributed by atoms with Crippen molar-refractivity contribution < 1.29 is 24.6 Å². The minimum absolute atomic E-state index is 0.552. The summed E-state index contributed by atoms with van der Waals surface area (Å²) in [6.45, 7) is 0.554. The van der Waals surface area contributed by atoms with Crippen LogP contribution in [0.15, 0.2) is 0 Å². The van der Waals surface area contributed by atoms with E-state index in [-0.39, 0.29) is 0 Å². The lowest BCUT2D eigenvalue weighted by Gasteiger charge is -2.03. The molecule has 0 bridgehead atoms. The number of carbonyl (C=O) groups is 2. The lowest BCUT2D eigenvalue weighted by molar-refractivity contribution is -0.266. The van der Waals surface area contributed by atoms with E-state index in [1.165, 1.54) is 5.48 Å². The highest BCUT2D eigenvalue weighted by atomic mass is 17.2. The van der Waals surface area contributed by atoms with Crippen molar-refractivity contribution in [1.82, 2.24) is 10.8 Å². The number of hydroxylamine groups is 1. The number of rotatable bonds is 3. The molecule has 0 aliphatic carbocycles. The number of carbonyl (C=O) groups excluding carboxylic acids is 2. The van der Waals surface area contributed by atoms with E-state index in [9.17, 15) is 9.59 Å². The Labute approximate surface area is 73.2 Å². The molecule has 0 aliphatic rings. The van der Waals surface area contributed by atoms with Gasteiger partial charge in [0.05, 0.1) is 0 Å². The first-order valence-electron chi connectivity index (χ1n) is 3.14. The Morgan fingerprint density at radius 3 is 2.62 bits per heavy atom. The van der Waals surface area contributed by atoms with Gasteiger partial charge >= 0.3 is 5.97 Å². The van der Waals surface area contributed by atoms with E-state index < -0.39 is 24.4 Å². The molecule has 0 unspecified atom stereocenters. The van der Waals surface area contributed by atoms with Crippen molar-refractivity contribution >= 4 is 17.8 Å². The van der Waals surface area contributed by atoms with Crippen LogP contribution < -0.4 is 10.8 Å². The van der Waals surface area contributed by atoms with Crippen LogP contribution in [0.2, 0.25) is 0 Å². The van der Waals surface area contributed by atoms with Gasteiger partial charge in [0.2, 0.25) is 5.96 Å². The summed E-state index contributed by atoms with van der Waals surface area (Å²) in [5.41, 5.74) is 1.38. The normalized spacial score (nSPS) is 8.77. The minimum atomic E-state index is -0.743. The summed E-state index contributed by atoms with van der Waals surface area (Å²) >= 11 is 0. The second kappa shape index (κ2) is 5.91. The second-order valence-corrected chi connectivity index (χ2v) is 1.87. The van der Waals surface area contributed by atoms with E-state index in [4.69, 9.17) is 10.6 Å². The molecule has 8 heteroatoms. The van der Waals surface area contributed by atoms with Crippen molar-refractivity contribution in [2.75, 3.05) is 6.61 Å². The van der Waals surface area contributed by atoms with Crippen molar-refractivity contribution in [2.45, 2.75) is 6.92 Å². The fourth-order valence-electron chi connectivity index (χ4n) is 0.369. The van der Waals surface area contributed by atoms with E-state index in [0.717, 1.165) is 6.92 Å². The van der Waals surface area contributed by atoms with Crippen molar-refractivity contribution in [1.29, 1.82) is 5.41 Å². The lowest BCUT2D eigenvalue weighted by atomic mass is 10.6. The number of amides is 1. The van der Waals surface area contributed by atoms with E-state index >= 15 is 0 Å². The van der Waals surface area contributed by atoms with Gasteiger partial charge in [0, 0.05) is 6.92 Å². The predicted octanol–water partition coefficient (Wildman–Crippen LogP) is -1.49. The Morgan fingerprint density at radius 1 is 1.54 bits per heavy atom. The van der Waals surface area contributed by atoms with Crippen molar-refractivity contribution in [2.24, 2.45) is 0 Å². The summed E-state index contributed by atoms with van der Waals surface area (Å²) in [5.74, 6) is -2.03. The summed E-state index contributed by atoms with van der Waals surface area (Å²) in [7, 11) is 0. The first-order chi connectivity index (χ1) is 6.06. The first-order valence-corrected chi connectivity index (χ1v) is 3.14. The highest BCUT2D eigenvalue weighted by Crippen LogP contribution is 1.79. The Balaban J connectivity index is 3.52. The van der Waals surface area contributed by atoms with Crippen LogP contribution in [-0.2, 0) is 19.4 Å². The molecule has 0 aliphatic heterocycles. The van der Waals surface area contributed by atoms with Gasteiger partial charge < -0.3 is 0 Å². The number of hydrogen-bond acceptors (Lipinski definition) is 6. The van der Waals surface area contributed by atoms with E-state index in [2.05, 4.69) is 9.78 Å². The number of hydrogen-bond donors (Lipinski definition) is 4. The molecule has 13 heavy (non-hydrogen) atoms. The summed E-state index contributed by atoms with van der Waals surface area (Å²) in [5, 5.41) is 16.7. The van der Waals surface area contributed by atoms with E-state index in [1.807, 2.05) is 5.32 Å². The van der Waals surface area contributed by atoms with Gasteiger partial charge in [0.25, 0.3) is 5.91 Å². The van der Waals surface area contributed by atoms with Crippen LogP contribution in [0.4, 0.5) is 0 Å². The van der Waals surface area contributed by atoms with Gasteiger partial charge in [-0.05, 0) is 0 Å². The second-order valence-electron chi connectivity index (χ2n) is 1.87. The smallest absolute Gasteiger partial charge is 0.298 e. The summed E-state index contributed by atoms with van der Waals surface area (Å²) in [6, 6.07) is 0. The SMILES string of the molecule is CC(=O)OOCC(=O)NC(=N)NO. The molecule has 0 fully saturated rings. The fraction of sp³-hybridized carbons (Fsp3) is 0.400. The lowest BCUT2D eigenvalue weighted by Crippen LogP contribution is -2.40. The molecule has 0 heterocycles. The summed E-state index contributed by atoms with van der Waals surface area (Å²) in [4.78, 5) is 28.9. The third kappa shape index (κ3) is 6.72. The average Bonchev–Trinajstić information content (AvgIpc) is 2.03. The van der Waals surface area contributed by atoms with E-state index in [1.54, 1.807) is 0 Å². The molecular formula is C5H9N3O5. The maximum Gasteiger partial charge on any atom is 0.339 e. The van der Waals surface area contributed by atoms with Crippen LogP contribution in [0.25, 0.3) is 0 Å². The van der Waals surface area contributed by atoms with Crippen LogP contribution in [-0.4, -0.2) is 29.7 Å². The quantitative estimate of drug-likeness (QED) is 0.187. The van der Waals surface area contributed by atoms with Crippen molar-refractivity contribution in [3.63, 3.8) is 0 Å². The van der Waals surface area contributed by atoms with Crippen LogP contribution in [0, 0.1) is 5.41 Å². The highest BCUT2D eigenvalue weighted by molar-refractivity contribution is 5.95. The van der Waals surface area contributed by atoms with Gasteiger partial charge in [-0.25, -0.2) is 10.3 Å². The van der Waals surface area contributed by atoms with Crippen molar-refractivity contribution in [3.8, 4) is 0 Å². The van der Waals surface area contributed by atoms with Crippen LogP contribution >= 0.6 is 0 Å². The molecule has 0 atom stereocenters. The Bertz CT molecular complexity index is 216. The van der Waals surface area contributed by atoms with Crippen LogP contribution in [0.3, 0.4) is 0 Å². The van der Waals surface area contributed by atoms with Crippen LogP contribution in [0.1, 0.15) is 6.92 Å². The predicted molar refractivity (Wildman–Crippen MR) is 38.5 cm³/mol. The fourth-order valence-corrected chi connectivity index (χ4v) is 0.369. The molecule has 1 amide bonds. The molecule has 74 valence electrons. The molecular weight excluding hydrogens is 182 g/mol. The Hall–Kier alpha value is -1.67. The first kappa shape index (κ1) is 11.3. The number of guanidine groups is 1. The molecule has 0 radical (unpaired) electrons. The molecule has 4 N–H and O–H groups in total. The maximum absolute atomic E-state index is 10.7. The molecule has 0 rings (SSSR count). The van der Waals surface area contributed by atoms with Gasteiger partial charge in [-0.3, -0.25) is 25.6 Å². The van der Waals surface area contributed by atoms with Crippen LogP contribution in [0.5, 0.6) is 0 Å². The topological polar surface area (TPSA) is 121 Å². The Kier molecular flexibility index (Phi) is 5.15.